The van der Waals surface area contributed by atoms with Crippen LogP contribution in [0, 0.1) is 5.92 Å². The Labute approximate surface area is 127 Å². The average Bonchev–Trinajstić information content (AvgIpc) is 2.55. The summed E-state index contributed by atoms with van der Waals surface area (Å²) in [6, 6.07) is 15.2. The van der Waals surface area contributed by atoms with Crippen LogP contribution in [-0.4, -0.2) is 19.7 Å². The van der Waals surface area contributed by atoms with E-state index in [-0.39, 0.29) is 6.10 Å². The van der Waals surface area contributed by atoms with Crippen LogP contribution in [0.25, 0.3) is 10.8 Å². The third-order valence-electron chi connectivity index (χ3n) is 4.41. The van der Waals surface area contributed by atoms with Crippen LogP contribution >= 0.6 is 0 Å². The van der Waals surface area contributed by atoms with Crippen LogP contribution in [0.4, 0.5) is 0 Å². The van der Waals surface area contributed by atoms with E-state index in [0.717, 1.165) is 19.7 Å². The highest BCUT2D eigenvalue weighted by Crippen LogP contribution is 2.36. The van der Waals surface area contributed by atoms with Crippen molar-refractivity contribution in [1.82, 2.24) is 5.32 Å². The van der Waals surface area contributed by atoms with Crippen LogP contribution in [-0.2, 0) is 4.74 Å². The number of fused-ring (bicyclic) bond motifs is 1. The summed E-state index contributed by atoms with van der Waals surface area (Å²) in [5.74, 6) is 0.580. The van der Waals surface area contributed by atoms with E-state index in [0.29, 0.717) is 5.92 Å². The van der Waals surface area contributed by atoms with Crippen LogP contribution in [0.5, 0.6) is 0 Å². The predicted octanol–water partition coefficient (Wildman–Crippen LogP) is 4.31. The lowest BCUT2D eigenvalue weighted by molar-refractivity contribution is -0.0268. The first-order valence-corrected chi connectivity index (χ1v) is 8.20. The molecule has 2 aromatic carbocycles. The third-order valence-corrected chi connectivity index (χ3v) is 4.41. The Kier molecular flexibility index (Phi) is 4.89. The van der Waals surface area contributed by atoms with Crippen molar-refractivity contribution in [2.24, 2.45) is 5.92 Å². The molecule has 3 rings (SSSR count). The lowest BCUT2D eigenvalue weighted by Crippen LogP contribution is -2.32. The summed E-state index contributed by atoms with van der Waals surface area (Å²) in [7, 11) is 0. The van der Waals surface area contributed by atoms with Gasteiger partial charge < -0.3 is 10.1 Å². The zero-order valence-corrected chi connectivity index (χ0v) is 12.8. The molecular formula is C19H25NO. The maximum atomic E-state index is 6.18. The van der Waals surface area contributed by atoms with Gasteiger partial charge in [0.2, 0.25) is 0 Å². The molecule has 21 heavy (non-hydrogen) atoms. The second kappa shape index (κ2) is 7.06. The van der Waals surface area contributed by atoms with Gasteiger partial charge in [0.25, 0.3) is 0 Å². The Hall–Kier alpha value is -1.38. The summed E-state index contributed by atoms with van der Waals surface area (Å²) in [6.07, 6.45) is 3.85. The molecule has 1 saturated heterocycles. The fourth-order valence-electron chi connectivity index (χ4n) is 3.36. The van der Waals surface area contributed by atoms with E-state index in [1.807, 2.05) is 0 Å². The lowest BCUT2D eigenvalue weighted by Gasteiger charge is -2.33. The van der Waals surface area contributed by atoms with Crippen molar-refractivity contribution in [3.63, 3.8) is 0 Å². The van der Waals surface area contributed by atoms with E-state index >= 15 is 0 Å². The Morgan fingerprint density at radius 1 is 1.14 bits per heavy atom. The van der Waals surface area contributed by atoms with E-state index < -0.39 is 0 Å². The zero-order chi connectivity index (χ0) is 14.5. The van der Waals surface area contributed by atoms with E-state index in [2.05, 4.69) is 54.7 Å². The molecule has 2 atom stereocenters. The molecule has 0 saturated carbocycles. The van der Waals surface area contributed by atoms with Crippen molar-refractivity contribution in [3.8, 4) is 0 Å². The van der Waals surface area contributed by atoms with Crippen LogP contribution in [0.2, 0.25) is 0 Å². The number of benzene rings is 2. The fourth-order valence-corrected chi connectivity index (χ4v) is 3.36. The van der Waals surface area contributed by atoms with Crippen LogP contribution in [0.15, 0.2) is 42.5 Å². The van der Waals surface area contributed by atoms with Crippen molar-refractivity contribution < 1.29 is 4.74 Å². The summed E-state index contributed by atoms with van der Waals surface area (Å²) in [6.45, 7) is 5.26. The fraction of sp³-hybridized carbons (Fsp3) is 0.474. The van der Waals surface area contributed by atoms with Gasteiger partial charge in [0, 0.05) is 19.1 Å². The van der Waals surface area contributed by atoms with E-state index in [9.17, 15) is 0 Å². The molecule has 2 unspecified atom stereocenters. The first kappa shape index (κ1) is 14.6. The van der Waals surface area contributed by atoms with Gasteiger partial charge in [-0.15, -0.1) is 0 Å². The first-order chi connectivity index (χ1) is 10.4. The minimum atomic E-state index is 0.231. The molecule has 1 N–H and O–H groups in total. The van der Waals surface area contributed by atoms with Gasteiger partial charge in [-0.05, 0) is 42.1 Å². The molecule has 0 radical (unpaired) electrons. The Balaban J connectivity index is 1.87. The molecule has 1 aliphatic rings. The van der Waals surface area contributed by atoms with Crippen LogP contribution in [0.1, 0.15) is 37.9 Å². The van der Waals surface area contributed by atoms with Gasteiger partial charge in [-0.25, -0.2) is 0 Å². The summed E-state index contributed by atoms with van der Waals surface area (Å²) in [5, 5.41) is 6.22. The summed E-state index contributed by atoms with van der Waals surface area (Å²) in [5.41, 5.74) is 1.36. The Morgan fingerprint density at radius 2 is 2.00 bits per heavy atom. The highest BCUT2D eigenvalue weighted by Gasteiger charge is 2.28. The minimum absolute atomic E-state index is 0.231. The highest BCUT2D eigenvalue weighted by atomic mass is 16.5. The first-order valence-electron chi connectivity index (χ1n) is 8.20. The number of ether oxygens (including phenoxy) is 1. The summed E-state index contributed by atoms with van der Waals surface area (Å²) < 4.78 is 6.18. The SMILES string of the molecule is CCCNCC1CCCOC1c1cccc2ccccc12. The quantitative estimate of drug-likeness (QED) is 0.826. The van der Waals surface area contributed by atoms with Crippen molar-refractivity contribution in [2.75, 3.05) is 19.7 Å². The van der Waals surface area contributed by atoms with E-state index in [4.69, 9.17) is 4.74 Å². The molecule has 2 nitrogen and oxygen atoms in total. The van der Waals surface area contributed by atoms with Crippen molar-refractivity contribution in [3.05, 3.63) is 48.0 Å². The maximum Gasteiger partial charge on any atom is 0.0871 e. The molecule has 112 valence electrons. The molecule has 1 heterocycles. The second-order valence-electron chi connectivity index (χ2n) is 5.97. The van der Waals surface area contributed by atoms with E-state index in [1.165, 1.54) is 35.6 Å². The highest BCUT2D eigenvalue weighted by molar-refractivity contribution is 5.86. The minimum Gasteiger partial charge on any atom is -0.373 e. The average molecular weight is 283 g/mol. The summed E-state index contributed by atoms with van der Waals surface area (Å²) in [4.78, 5) is 0. The number of hydrogen-bond donors (Lipinski definition) is 1. The molecule has 0 aromatic heterocycles. The Bertz CT molecular complexity index is 575. The van der Waals surface area contributed by atoms with Crippen molar-refractivity contribution in [1.29, 1.82) is 0 Å². The largest absolute Gasteiger partial charge is 0.373 e. The zero-order valence-electron chi connectivity index (χ0n) is 12.8. The van der Waals surface area contributed by atoms with Gasteiger partial charge in [0.05, 0.1) is 6.10 Å². The van der Waals surface area contributed by atoms with Gasteiger partial charge in [-0.2, -0.15) is 0 Å². The third kappa shape index (κ3) is 3.28. The molecule has 0 spiro atoms. The summed E-state index contributed by atoms with van der Waals surface area (Å²) >= 11 is 0. The van der Waals surface area contributed by atoms with Crippen LogP contribution < -0.4 is 5.32 Å². The van der Waals surface area contributed by atoms with E-state index in [1.54, 1.807) is 0 Å². The molecule has 0 aliphatic carbocycles. The molecular weight excluding hydrogens is 258 g/mol. The number of rotatable bonds is 5. The Morgan fingerprint density at radius 3 is 2.90 bits per heavy atom. The maximum absolute atomic E-state index is 6.18. The number of hydrogen-bond acceptors (Lipinski definition) is 2. The normalized spacial score (nSPS) is 22.5. The molecule has 2 heteroatoms. The molecule has 2 aromatic rings. The van der Waals surface area contributed by atoms with Crippen LogP contribution in [0.3, 0.4) is 0 Å². The second-order valence-corrected chi connectivity index (χ2v) is 5.97. The monoisotopic (exact) mass is 283 g/mol. The molecule has 1 fully saturated rings. The van der Waals surface area contributed by atoms with Gasteiger partial charge >= 0.3 is 0 Å². The van der Waals surface area contributed by atoms with Crippen molar-refractivity contribution in [2.45, 2.75) is 32.3 Å². The van der Waals surface area contributed by atoms with Crippen molar-refractivity contribution >= 4 is 10.8 Å². The molecule has 0 amide bonds. The van der Waals surface area contributed by atoms with Gasteiger partial charge in [-0.1, -0.05) is 49.4 Å². The molecule has 0 bridgehead atoms. The van der Waals surface area contributed by atoms with Gasteiger partial charge in [0.1, 0.15) is 0 Å². The van der Waals surface area contributed by atoms with Gasteiger partial charge in [0.15, 0.2) is 0 Å². The standard InChI is InChI=1S/C19H25NO/c1-2-12-20-14-16-9-6-13-21-19(16)18-11-5-8-15-7-3-4-10-17(15)18/h3-5,7-8,10-11,16,19-20H,2,6,9,12-14H2,1H3. The van der Waals surface area contributed by atoms with Gasteiger partial charge in [-0.3, -0.25) is 0 Å². The smallest absolute Gasteiger partial charge is 0.0871 e. The predicted molar refractivity (Wildman–Crippen MR) is 88.5 cm³/mol. The lowest BCUT2D eigenvalue weighted by atomic mass is 9.87. The topological polar surface area (TPSA) is 21.3 Å². The number of nitrogens with one attached hydrogen (secondary N) is 1. The molecule has 1 aliphatic heterocycles.